The van der Waals surface area contributed by atoms with E-state index in [1.54, 1.807) is 0 Å². The largest absolute Gasteiger partial charge is 0.480 e. The molecule has 2 unspecified atom stereocenters. The van der Waals surface area contributed by atoms with Crippen molar-refractivity contribution >= 4 is 5.97 Å². The second-order valence-corrected chi connectivity index (χ2v) is 6.09. The van der Waals surface area contributed by atoms with Gasteiger partial charge in [0.2, 0.25) is 0 Å². The molecule has 0 radical (unpaired) electrons. The molecule has 2 fully saturated rings. The Morgan fingerprint density at radius 2 is 2.20 bits per heavy atom. The number of aliphatic carboxylic acids is 1. The van der Waals surface area contributed by atoms with E-state index in [-0.39, 0.29) is 5.92 Å². The lowest BCUT2D eigenvalue weighted by Crippen LogP contribution is -2.63. The van der Waals surface area contributed by atoms with Crippen molar-refractivity contribution in [2.24, 2.45) is 5.92 Å². The lowest BCUT2D eigenvalue weighted by atomic mass is 9.91. The van der Waals surface area contributed by atoms with Crippen molar-refractivity contribution in [1.82, 2.24) is 10.2 Å². The molecule has 0 bridgehead atoms. The standard InChI is InChI=1S/C15H28N2O3/c1-3-7-16-15(14(18)19,12-5-6-12)11-17-8-9-20-10-13(17)4-2/h12-13,16H,3-11H2,1-2H3,(H,18,19). The van der Waals surface area contributed by atoms with Crippen LogP contribution in [0.3, 0.4) is 0 Å². The number of hydrogen-bond donors (Lipinski definition) is 2. The van der Waals surface area contributed by atoms with Gasteiger partial charge in [0.05, 0.1) is 13.2 Å². The Kier molecular flexibility index (Phi) is 5.41. The van der Waals surface area contributed by atoms with Gasteiger partial charge in [0.1, 0.15) is 5.54 Å². The number of ether oxygens (including phenoxy) is 1. The van der Waals surface area contributed by atoms with Gasteiger partial charge < -0.3 is 15.2 Å². The summed E-state index contributed by atoms with van der Waals surface area (Å²) in [6.45, 7) is 7.88. The van der Waals surface area contributed by atoms with Gasteiger partial charge >= 0.3 is 5.97 Å². The fraction of sp³-hybridized carbons (Fsp3) is 0.933. The van der Waals surface area contributed by atoms with E-state index in [1.807, 2.05) is 0 Å². The molecule has 2 aliphatic rings. The summed E-state index contributed by atoms with van der Waals surface area (Å²) in [6.07, 6.45) is 4.03. The van der Waals surface area contributed by atoms with E-state index in [2.05, 4.69) is 24.1 Å². The van der Waals surface area contributed by atoms with Crippen LogP contribution in [0.2, 0.25) is 0 Å². The first-order chi connectivity index (χ1) is 9.64. The van der Waals surface area contributed by atoms with Crippen molar-refractivity contribution in [3.05, 3.63) is 0 Å². The Balaban J connectivity index is 2.11. The molecule has 20 heavy (non-hydrogen) atoms. The van der Waals surface area contributed by atoms with E-state index in [0.717, 1.165) is 45.4 Å². The monoisotopic (exact) mass is 284 g/mol. The Morgan fingerprint density at radius 3 is 2.75 bits per heavy atom. The number of hydrogen-bond acceptors (Lipinski definition) is 4. The minimum atomic E-state index is -0.763. The summed E-state index contributed by atoms with van der Waals surface area (Å²) >= 11 is 0. The fourth-order valence-corrected chi connectivity index (χ4v) is 3.17. The van der Waals surface area contributed by atoms with Gasteiger partial charge in [-0.1, -0.05) is 13.8 Å². The van der Waals surface area contributed by atoms with E-state index in [9.17, 15) is 9.90 Å². The maximum absolute atomic E-state index is 12.0. The van der Waals surface area contributed by atoms with E-state index in [4.69, 9.17) is 4.74 Å². The minimum absolute atomic E-state index is 0.284. The summed E-state index contributed by atoms with van der Waals surface area (Å²) in [5.74, 6) is -0.401. The normalized spacial score (nSPS) is 27.2. The van der Waals surface area contributed by atoms with Gasteiger partial charge in [0.25, 0.3) is 0 Å². The van der Waals surface area contributed by atoms with E-state index in [1.165, 1.54) is 0 Å². The molecule has 116 valence electrons. The van der Waals surface area contributed by atoms with Crippen LogP contribution in [0, 0.1) is 5.92 Å². The van der Waals surface area contributed by atoms with E-state index in [0.29, 0.717) is 19.2 Å². The summed E-state index contributed by atoms with van der Waals surface area (Å²) in [7, 11) is 0. The average molecular weight is 284 g/mol. The lowest BCUT2D eigenvalue weighted by molar-refractivity contribution is -0.148. The van der Waals surface area contributed by atoms with Crippen LogP contribution in [0.5, 0.6) is 0 Å². The lowest BCUT2D eigenvalue weighted by Gasteiger charge is -2.41. The Hall–Kier alpha value is -0.650. The first kappa shape index (κ1) is 15.7. The third-order valence-corrected chi connectivity index (χ3v) is 4.62. The molecule has 1 saturated heterocycles. The van der Waals surface area contributed by atoms with E-state index < -0.39 is 11.5 Å². The molecule has 1 aliphatic heterocycles. The molecule has 0 aromatic carbocycles. The number of morpholine rings is 1. The number of carboxylic acids is 1. The van der Waals surface area contributed by atoms with Crippen LogP contribution in [0.25, 0.3) is 0 Å². The fourth-order valence-electron chi connectivity index (χ4n) is 3.17. The molecule has 2 rings (SSSR count). The topological polar surface area (TPSA) is 61.8 Å². The minimum Gasteiger partial charge on any atom is -0.480 e. The summed E-state index contributed by atoms with van der Waals surface area (Å²) in [6, 6.07) is 0.352. The molecule has 5 nitrogen and oxygen atoms in total. The van der Waals surface area contributed by atoms with Gasteiger partial charge in [-0.15, -0.1) is 0 Å². The third kappa shape index (κ3) is 3.32. The van der Waals surface area contributed by atoms with Gasteiger partial charge in [-0.05, 0) is 38.1 Å². The summed E-state index contributed by atoms with van der Waals surface area (Å²) in [4.78, 5) is 14.3. The number of nitrogens with zero attached hydrogens (tertiary/aromatic N) is 1. The molecule has 0 aromatic rings. The molecule has 0 aromatic heterocycles. The first-order valence-electron chi connectivity index (χ1n) is 7.94. The van der Waals surface area contributed by atoms with Crippen molar-refractivity contribution in [2.45, 2.75) is 51.1 Å². The van der Waals surface area contributed by atoms with Gasteiger partial charge in [0.15, 0.2) is 0 Å². The smallest absolute Gasteiger partial charge is 0.325 e. The quantitative estimate of drug-likeness (QED) is 0.704. The zero-order valence-electron chi connectivity index (χ0n) is 12.7. The molecule has 2 N–H and O–H groups in total. The molecule has 0 spiro atoms. The molecule has 1 aliphatic carbocycles. The second-order valence-electron chi connectivity index (χ2n) is 6.09. The predicted molar refractivity (Wildman–Crippen MR) is 77.9 cm³/mol. The summed E-state index contributed by atoms with van der Waals surface area (Å²) in [5.41, 5.74) is -0.763. The molecule has 2 atom stereocenters. The second kappa shape index (κ2) is 6.87. The van der Waals surface area contributed by atoms with Crippen molar-refractivity contribution < 1.29 is 14.6 Å². The van der Waals surface area contributed by atoms with Crippen LogP contribution in [0.4, 0.5) is 0 Å². The maximum Gasteiger partial charge on any atom is 0.325 e. The molecule has 5 heteroatoms. The van der Waals surface area contributed by atoms with Crippen molar-refractivity contribution in [3.8, 4) is 0 Å². The maximum atomic E-state index is 12.0. The van der Waals surface area contributed by atoms with Crippen LogP contribution in [-0.4, -0.2) is 60.4 Å². The van der Waals surface area contributed by atoms with Crippen molar-refractivity contribution in [2.75, 3.05) is 32.8 Å². The molecule has 0 amide bonds. The van der Waals surface area contributed by atoms with Crippen LogP contribution in [-0.2, 0) is 9.53 Å². The number of nitrogens with one attached hydrogen (secondary N) is 1. The Morgan fingerprint density at radius 1 is 1.45 bits per heavy atom. The Labute approximate surface area is 121 Å². The molecular weight excluding hydrogens is 256 g/mol. The van der Waals surface area contributed by atoms with Crippen LogP contribution in [0.15, 0.2) is 0 Å². The third-order valence-electron chi connectivity index (χ3n) is 4.62. The van der Waals surface area contributed by atoms with Gasteiger partial charge in [0, 0.05) is 19.1 Å². The van der Waals surface area contributed by atoms with Crippen LogP contribution in [0.1, 0.15) is 39.5 Å². The highest BCUT2D eigenvalue weighted by Crippen LogP contribution is 2.41. The highest BCUT2D eigenvalue weighted by atomic mass is 16.5. The molecule has 1 heterocycles. The highest BCUT2D eigenvalue weighted by Gasteiger charge is 2.52. The molecular formula is C15H28N2O3. The summed E-state index contributed by atoms with van der Waals surface area (Å²) < 4.78 is 5.53. The van der Waals surface area contributed by atoms with Gasteiger partial charge in [-0.2, -0.15) is 0 Å². The number of carboxylic acid groups (broad SMARTS) is 1. The predicted octanol–water partition coefficient (Wildman–Crippen LogP) is 1.33. The van der Waals surface area contributed by atoms with Crippen molar-refractivity contribution in [1.29, 1.82) is 0 Å². The number of rotatable bonds is 8. The zero-order valence-corrected chi connectivity index (χ0v) is 12.7. The van der Waals surface area contributed by atoms with E-state index >= 15 is 0 Å². The molecule has 1 saturated carbocycles. The SMILES string of the molecule is CCCNC(CN1CCOCC1CC)(C(=O)O)C1CC1. The Bertz CT molecular complexity index is 333. The average Bonchev–Trinajstić information content (AvgIpc) is 3.28. The van der Waals surface area contributed by atoms with Crippen LogP contribution < -0.4 is 5.32 Å². The van der Waals surface area contributed by atoms with Crippen molar-refractivity contribution in [3.63, 3.8) is 0 Å². The summed E-state index contributed by atoms with van der Waals surface area (Å²) in [5, 5.41) is 13.2. The highest BCUT2D eigenvalue weighted by molar-refractivity contribution is 5.80. The first-order valence-corrected chi connectivity index (χ1v) is 7.94. The van der Waals surface area contributed by atoms with Gasteiger partial charge in [-0.25, -0.2) is 0 Å². The van der Waals surface area contributed by atoms with Crippen LogP contribution >= 0.6 is 0 Å². The van der Waals surface area contributed by atoms with Gasteiger partial charge in [-0.3, -0.25) is 9.69 Å². The zero-order chi connectivity index (χ0) is 14.6. The number of carbonyl (C=O) groups is 1.